The van der Waals surface area contributed by atoms with Crippen molar-refractivity contribution < 1.29 is 20.4 Å². The van der Waals surface area contributed by atoms with E-state index in [2.05, 4.69) is 39.8 Å². The predicted molar refractivity (Wildman–Crippen MR) is 115 cm³/mol. The molecule has 0 saturated heterocycles. The summed E-state index contributed by atoms with van der Waals surface area (Å²) in [5.41, 5.74) is 4.79. The van der Waals surface area contributed by atoms with E-state index >= 15 is 0 Å². The molecule has 3 aromatic rings. The van der Waals surface area contributed by atoms with Crippen LogP contribution in [-0.2, 0) is 10.8 Å². The average molecular weight is 402 g/mol. The summed E-state index contributed by atoms with van der Waals surface area (Å²) in [5, 5.41) is 41.9. The van der Waals surface area contributed by atoms with Crippen LogP contribution >= 0.6 is 0 Å². The first-order valence-electron chi connectivity index (χ1n) is 10.4. The van der Waals surface area contributed by atoms with Crippen molar-refractivity contribution in [2.75, 3.05) is 0 Å². The summed E-state index contributed by atoms with van der Waals surface area (Å²) in [6.45, 7) is 8.52. The van der Waals surface area contributed by atoms with Crippen LogP contribution in [0.1, 0.15) is 61.1 Å². The topological polar surface area (TPSA) is 80.9 Å². The predicted octanol–water partition coefficient (Wildman–Crippen LogP) is 5.12. The van der Waals surface area contributed by atoms with E-state index in [0.717, 1.165) is 33.4 Å². The molecule has 0 unspecified atom stereocenters. The van der Waals surface area contributed by atoms with Gasteiger partial charge in [-0.2, -0.15) is 0 Å². The van der Waals surface area contributed by atoms with Crippen LogP contribution in [0.2, 0.25) is 0 Å². The lowest BCUT2D eigenvalue weighted by Gasteiger charge is -2.59. The highest BCUT2D eigenvalue weighted by Gasteiger charge is 2.61. The molecule has 3 aliphatic carbocycles. The monoisotopic (exact) mass is 402 g/mol. The van der Waals surface area contributed by atoms with Gasteiger partial charge in [0, 0.05) is 10.8 Å². The molecule has 0 amide bonds. The SMILES string of the molecule is CC(C)C12c3ccccc3C(C(C)C)(c3cc(O)c(O)cc31)c1cc(O)c(O)cc12. The van der Waals surface area contributed by atoms with Crippen LogP contribution in [0.3, 0.4) is 0 Å². The van der Waals surface area contributed by atoms with Crippen molar-refractivity contribution in [1.82, 2.24) is 0 Å². The highest BCUT2D eigenvalue weighted by molar-refractivity contribution is 5.78. The molecule has 3 aromatic carbocycles. The number of rotatable bonds is 2. The first kappa shape index (κ1) is 18.9. The van der Waals surface area contributed by atoms with Gasteiger partial charge in [0.25, 0.3) is 0 Å². The van der Waals surface area contributed by atoms with Crippen LogP contribution in [0.4, 0.5) is 0 Å². The van der Waals surface area contributed by atoms with Crippen molar-refractivity contribution in [3.8, 4) is 23.0 Å². The molecule has 0 spiro atoms. The van der Waals surface area contributed by atoms with Crippen molar-refractivity contribution in [3.05, 3.63) is 81.9 Å². The highest BCUT2D eigenvalue weighted by atomic mass is 16.3. The van der Waals surface area contributed by atoms with Gasteiger partial charge in [0.1, 0.15) is 0 Å². The standard InChI is InChI=1S/C26H26O4/c1-13(2)25-15-7-5-6-8-16(15)26(14(3)4,19-11-23(29)21(27)9-17(19)25)20-12-24(30)22(28)10-18(20)25/h5-14,27-30H,1-4H3. The third-order valence-corrected chi connectivity index (χ3v) is 7.44. The van der Waals surface area contributed by atoms with Gasteiger partial charge < -0.3 is 20.4 Å². The van der Waals surface area contributed by atoms with E-state index in [1.54, 1.807) is 24.3 Å². The molecule has 0 atom stereocenters. The minimum absolute atomic E-state index is 0.0782. The third-order valence-electron chi connectivity index (χ3n) is 7.44. The molecular weight excluding hydrogens is 376 g/mol. The second kappa shape index (κ2) is 5.72. The van der Waals surface area contributed by atoms with Gasteiger partial charge in [-0.1, -0.05) is 52.0 Å². The van der Waals surface area contributed by atoms with E-state index in [1.165, 1.54) is 0 Å². The van der Waals surface area contributed by atoms with E-state index in [1.807, 2.05) is 12.1 Å². The minimum Gasteiger partial charge on any atom is -0.504 e. The summed E-state index contributed by atoms with van der Waals surface area (Å²) in [6.07, 6.45) is 0. The Morgan fingerprint density at radius 3 is 1.00 bits per heavy atom. The molecular formula is C26H26O4. The van der Waals surface area contributed by atoms with E-state index in [-0.39, 0.29) is 34.8 Å². The lowest BCUT2D eigenvalue weighted by atomic mass is 9.42. The number of aromatic hydroxyl groups is 4. The molecule has 2 bridgehead atoms. The Morgan fingerprint density at radius 2 is 0.767 bits per heavy atom. The highest BCUT2D eigenvalue weighted by Crippen LogP contribution is 2.67. The number of phenolic OH excluding ortho intramolecular Hbond substituents is 4. The maximum Gasteiger partial charge on any atom is 0.157 e. The molecule has 4 N–H and O–H groups in total. The van der Waals surface area contributed by atoms with Gasteiger partial charge in [0.05, 0.1) is 0 Å². The van der Waals surface area contributed by atoms with Crippen molar-refractivity contribution >= 4 is 0 Å². The summed E-state index contributed by atoms with van der Waals surface area (Å²) in [6, 6.07) is 15.1. The molecule has 4 nitrogen and oxygen atoms in total. The zero-order chi connectivity index (χ0) is 21.6. The molecule has 4 heteroatoms. The molecule has 0 heterocycles. The van der Waals surface area contributed by atoms with Crippen LogP contribution in [0.5, 0.6) is 23.0 Å². The zero-order valence-electron chi connectivity index (χ0n) is 17.6. The maximum atomic E-state index is 10.5. The molecule has 0 aliphatic heterocycles. The minimum atomic E-state index is -0.631. The number of hydrogen-bond acceptors (Lipinski definition) is 4. The maximum absolute atomic E-state index is 10.5. The Labute approximate surface area is 176 Å². The van der Waals surface area contributed by atoms with Gasteiger partial charge in [-0.3, -0.25) is 0 Å². The first-order chi connectivity index (χ1) is 14.2. The Bertz CT molecular complexity index is 1050. The summed E-state index contributed by atoms with van der Waals surface area (Å²) in [7, 11) is 0. The summed E-state index contributed by atoms with van der Waals surface area (Å²) < 4.78 is 0. The molecule has 154 valence electrons. The molecule has 30 heavy (non-hydrogen) atoms. The van der Waals surface area contributed by atoms with E-state index in [0.29, 0.717) is 0 Å². The molecule has 0 radical (unpaired) electrons. The Hall–Kier alpha value is -3.14. The van der Waals surface area contributed by atoms with Gasteiger partial charge in [0.2, 0.25) is 0 Å². The lowest BCUT2D eigenvalue weighted by Crippen LogP contribution is -2.55. The van der Waals surface area contributed by atoms with Crippen molar-refractivity contribution in [2.45, 2.75) is 38.5 Å². The number of benzene rings is 3. The van der Waals surface area contributed by atoms with E-state index in [9.17, 15) is 20.4 Å². The summed E-state index contributed by atoms with van der Waals surface area (Å²) >= 11 is 0. The Kier molecular flexibility index (Phi) is 3.60. The third kappa shape index (κ3) is 1.83. The van der Waals surface area contributed by atoms with Gasteiger partial charge in [-0.15, -0.1) is 0 Å². The molecule has 0 fully saturated rings. The van der Waals surface area contributed by atoms with Crippen LogP contribution in [-0.4, -0.2) is 20.4 Å². The van der Waals surface area contributed by atoms with Crippen LogP contribution in [0, 0.1) is 11.8 Å². The fourth-order valence-electron chi connectivity index (χ4n) is 6.37. The number of phenols is 4. The number of hydrogen-bond donors (Lipinski definition) is 4. The summed E-state index contributed by atoms with van der Waals surface area (Å²) in [5.74, 6) is -0.446. The molecule has 3 aliphatic rings. The Balaban J connectivity index is 2.11. The van der Waals surface area contributed by atoms with Gasteiger partial charge in [0.15, 0.2) is 23.0 Å². The zero-order valence-corrected chi connectivity index (χ0v) is 17.6. The quantitative estimate of drug-likeness (QED) is 0.449. The Morgan fingerprint density at radius 1 is 0.500 bits per heavy atom. The molecule has 0 saturated carbocycles. The smallest absolute Gasteiger partial charge is 0.157 e. The van der Waals surface area contributed by atoms with Gasteiger partial charge >= 0.3 is 0 Å². The van der Waals surface area contributed by atoms with Gasteiger partial charge in [-0.25, -0.2) is 0 Å². The summed E-state index contributed by atoms with van der Waals surface area (Å²) in [4.78, 5) is 0. The van der Waals surface area contributed by atoms with Crippen LogP contribution < -0.4 is 0 Å². The molecule has 0 aromatic heterocycles. The van der Waals surface area contributed by atoms with E-state index < -0.39 is 10.8 Å². The van der Waals surface area contributed by atoms with Crippen LogP contribution in [0.15, 0.2) is 48.5 Å². The molecule has 6 rings (SSSR count). The van der Waals surface area contributed by atoms with Gasteiger partial charge in [-0.05, 0) is 69.5 Å². The first-order valence-corrected chi connectivity index (χ1v) is 10.4. The fourth-order valence-corrected chi connectivity index (χ4v) is 6.37. The van der Waals surface area contributed by atoms with Crippen LogP contribution in [0.25, 0.3) is 0 Å². The fraction of sp³-hybridized carbons (Fsp3) is 0.308. The van der Waals surface area contributed by atoms with Crippen molar-refractivity contribution in [1.29, 1.82) is 0 Å². The lowest BCUT2D eigenvalue weighted by molar-refractivity contribution is 0.315. The second-order valence-electron chi connectivity index (χ2n) is 9.24. The van der Waals surface area contributed by atoms with Crippen molar-refractivity contribution in [2.24, 2.45) is 11.8 Å². The largest absolute Gasteiger partial charge is 0.504 e. The van der Waals surface area contributed by atoms with E-state index in [4.69, 9.17) is 0 Å². The average Bonchev–Trinajstić information content (AvgIpc) is 2.69. The second-order valence-corrected chi connectivity index (χ2v) is 9.24. The van der Waals surface area contributed by atoms with Crippen molar-refractivity contribution in [3.63, 3.8) is 0 Å². The normalized spacial score (nSPS) is 23.4.